The molecule has 0 spiro atoms. The van der Waals surface area contributed by atoms with Gasteiger partial charge >= 0.3 is 0 Å². The van der Waals surface area contributed by atoms with Crippen LogP contribution in [0.1, 0.15) is 28.8 Å². The van der Waals surface area contributed by atoms with E-state index in [0.29, 0.717) is 5.56 Å². The quantitative estimate of drug-likeness (QED) is 0.467. The number of rotatable bonds is 3. The zero-order valence-electron chi connectivity index (χ0n) is 17.5. The first-order valence-corrected chi connectivity index (χ1v) is 11.0. The summed E-state index contributed by atoms with van der Waals surface area (Å²) in [5.74, 6) is -0.599. The zero-order valence-corrected chi connectivity index (χ0v) is 18.4. The second-order valence-corrected chi connectivity index (χ2v) is 9.03. The number of nitrogens with one attached hydrogen (secondary N) is 2. The van der Waals surface area contributed by atoms with E-state index in [-0.39, 0.29) is 11.9 Å². The van der Waals surface area contributed by atoms with Crippen LogP contribution >= 0.6 is 11.3 Å². The molecule has 0 bridgehead atoms. The molecule has 3 heterocycles. The molecule has 1 fully saturated rings. The number of carbonyl (C=O) groups is 1. The average Bonchev–Trinajstić information content (AvgIpc) is 3.47. The molecule has 1 aliphatic rings. The molecule has 0 unspecified atom stereocenters. The van der Waals surface area contributed by atoms with Crippen molar-refractivity contribution in [2.24, 2.45) is 0 Å². The fourth-order valence-electron chi connectivity index (χ4n) is 4.33. The summed E-state index contributed by atoms with van der Waals surface area (Å²) in [5, 5.41) is 23.8. The topological polar surface area (TPSA) is 93.1 Å². The van der Waals surface area contributed by atoms with Crippen molar-refractivity contribution in [1.29, 1.82) is 10.7 Å². The summed E-state index contributed by atoms with van der Waals surface area (Å²) in [6, 6.07) is 19.3. The Kier molecular flexibility index (Phi) is 4.61. The average molecular weight is 441 g/mol. The van der Waals surface area contributed by atoms with Crippen molar-refractivity contribution in [1.82, 2.24) is 10.2 Å². The van der Waals surface area contributed by atoms with Crippen LogP contribution in [-0.4, -0.2) is 23.8 Å². The first-order valence-electron chi connectivity index (χ1n) is 10.1. The highest BCUT2D eigenvalue weighted by molar-refractivity contribution is 7.10. The molecule has 2 aromatic heterocycles. The van der Waals surface area contributed by atoms with E-state index in [2.05, 4.69) is 11.4 Å². The van der Waals surface area contributed by atoms with Crippen LogP contribution in [0.5, 0.6) is 0 Å². The fraction of sp³-hybridized carbons (Fsp3) is 0.160. The molecular weight excluding hydrogens is 420 g/mol. The maximum absolute atomic E-state index is 13.4. The van der Waals surface area contributed by atoms with E-state index in [1.807, 2.05) is 60.8 Å². The Balaban J connectivity index is 1.62. The summed E-state index contributed by atoms with van der Waals surface area (Å²) in [6.45, 7) is 1.97. The van der Waals surface area contributed by atoms with Gasteiger partial charge in [0.2, 0.25) is 5.91 Å². The van der Waals surface area contributed by atoms with E-state index in [4.69, 9.17) is 9.83 Å². The Morgan fingerprint density at radius 1 is 1.19 bits per heavy atom. The van der Waals surface area contributed by atoms with Gasteiger partial charge in [0, 0.05) is 17.3 Å². The number of benzene rings is 2. The first kappa shape index (κ1) is 20.0. The Labute approximate surface area is 189 Å². The smallest absolute Gasteiger partial charge is 0.239 e. The zero-order chi connectivity index (χ0) is 22.5. The molecule has 2 N–H and O–H groups in total. The summed E-state index contributed by atoms with van der Waals surface area (Å²) in [7, 11) is 1.62. The maximum atomic E-state index is 13.4. The molecule has 0 radical (unpaired) electrons. The third-order valence-electron chi connectivity index (χ3n) is 6.11. The largest absolute Gasteiger partial charge is 0.464 e. The lowest BCUT2D eigenvalue weighted by Gasteiger charge is -2.45. The summed E-state index contributed by atoms with van der Waals surface area (Å²) >= 11 is 1.54. The summed E-state index contributed by atoms with van der Waals surface area (Å²) in [4.78, 5) is 15.8. The van der Waals surface area contributed by atoms with Gasteiger partial charge in [0.25, 0.3) is 0 Å². The van der Waals surface area contributed by atoms with Crippen molar-refractivity contribution < 1.29 is 9.21 Å². The molecule has 7 heteroatoms. The minimum atomic E-state index is -0.812. The molecule has 2 atom stereocenters. The van der Waals surface area contributed by atoms with Crippen LogP contribution in [0, 0.1) is 16.7 Å². The lowest BCUT2D eigenvalue weighted by atomic mass is 9.76. The normalized spacial score (nSPS) is 20.9. The number of likely N-dealkylation sites (N-methyl/N-ethyl adjacent to an activating group) is 1. The van der Waals surface area contributed by atoms with Crippen LogP contribution < -0.4 is 5.32 Å². The van der Waals surface area contributed by atoms with Gasteiger partial charge in [-0.1, -0.05) is 18.2 Å². The van der Waals surface area contributed by atoms with Crippen molar-refractivity contribution in [3.63, 3.8) is 0 Å². The van der Waals surface area contributed by atoms with Gasteiger partial charge in [0.1, 0.15) is 5.58 Å². The van der Waals surface area contributed by atoms with E-state index in [9.17, 15) is 10.1 Å². The van der Waals surface area contributed by atoms with Crippen molar-refractivity contribution in [3.8, 4) is 17.2 Å². The van der Waals surface area contributed by atoms with Crippen molar-refractivity contribution >= 4 is 34.2 Å². The highest BCUT2D eigenvalue weighted by Crippen LogP contribution is 2.44. The summed E-state index contributed by atoms with van der Waals surface area (Å²) in [6.07, 6.45) is 1.64. The van der Waals surface area contributed by atoms with Gasteiger partial charge in [-0.25, -0.2) is 0 Å². The van der Waals surface area contributed by atoms with E-state index < -0.39 is 11.5 Å². The predicted octanol–water partition coefficient (Wildman–Crippen LogP) is 5.03. The van der Waals surface area contributed by atoms with Gasteiger partial charge in [0.15, 0.2) is 5.96 Å². The number of carbonyl (C=O) groups excluding carboxylic acids is 1. The van der Waals surface area contributed by atoms with Crippen LogP contribution in [0.25, 0.3) is 22.1 Å². The first-order chi connectivity index (χ1) is 15.4. The lowest BCUT2D eigenvalue weighted by molar-refractivity contribution is -0.131. The number of amides is 1. The standard InChI is InChI=1S/C25H20N4O2S/c1-25(21-12-19(14-32-21)16-5-3-4-15(10-16)13-26)22(23(30)29(2)24(27)28-25)18-6-7-20-17(11-18)8-9-31-20/h3-12,14,22H,1-2H3,(H2,27,28)/t22-,25+/m0/s1. The number of nitriles is 1. The minimum Gasteiger partial charge on any atom is -0.464 e. The molecule has 5 rings (SSSR count). The second kappa shape index (κ2) is 7.36. The Morgan fingerprint density at radius 2 is 2.03 bits per heavy atom. The molecule has 0 saturated carbocycles. The molecule has 32 heavy (non-hydrogen) atoms. The lowest BCUT2D eigenvalue weighted by Crippen LogP contribution is -2.62. The fourth-order valence-corrected chi connectivity index (χ4v) is 5.39. The van der Waals surface area contributed by atoms with E-state index in [1.165, 1.54) is 4.90 Å². The third-order valence-corrected chi connectivity index (χ3v) is 7.28. The number of hydrogen-bond acceptors (Lipinski definition) is 5. The number of fused-ring (bicyclic) bond motifs is 1. The predicted molar refractivity (Wildman–Crippen MR) is 124 cm³/mol. The molecule has 158 valence electrons. The van der Waals surface area contributed by atoms with Crippen LogP contribution in [0.4, 0.5) is 0 Å². The Hall–Kier alpha value is -3.89. The number of furan rings is 1. The highest BCUT2D eigenvalue weighted by atomic mass is 32.1. The Morgan fingerprint density at radius 3 is 2.84 bits per heavy atom. The molecule has 6 nitrogen and oxygen atoms in total. The van der Waals surface area contributed by atoms with Gasteiger partial charge in [-0.2, -0.15) is 5.26 Å². The summed E-state index contributed by atoms with van der Waals surface area (Å²) < 4.78 is 5.47. The SMILES string of the molecule is CN1C(=N)N[C@](C)(c2cc(-c3cccc(C#N)c3)cs2)[C@@H](c2ccc3occc3c2)C1=O. The number of hydrogen-bond donors (Lipinski definition) is 2. The molecule has 0 aliphatic carbocycles. The van der Waals surface area contributed by atoms with Gasteiger partial charge in [-0.05, 0) is 65.4 Å². The van der Waals surface area contributed by atoms with Crippen molar-refractivity contribution in [2.75, 3.05) is 7.05 Å². The monoisotopic (exact) mass is 440 g/mol. The Bertz CT molecular complexity index is 1410. The third kappa shape index (κ3) is 3.08. The highest BCUT2D eigenvalue weighted by Gasteiger charge is 2.49. The van der Waals surface area contributed by atoms with Gasteiger partial charge < -0.3 is 9.73 Å². The van der Waals surface area contributed by atoms with Crippen LogP contribution in [0.2, 0.25) is 0 Å². The minimum absolute atomic E-state index is 0.0690. The van der Waals surface area contributed by atoms with Crippen molar-refractivity contribution in [2.45, 2.75) is 18.4 Å². The molecule has 1 amide bonds. The molecule has 1 aliphatic heterocycles. The van der Waals surface area contributed by atoms with Gasteiger partial charge in [0.05, 0.1) is 29.4 Å². The van der Waals surface area contributed by atoms with E-state index in [0.717, 1.165) is 32.5 Å². The molecule has 2 aromatic carbocycles. The van der Waals surface area contributed by atoms with Gasteiger partial charge in [-0.3, -0.25) is 15.1 Å². The number of thiophene rings is 1. The summed E-state index contributed by atoms with van der Waals surface area (Å²) in [5.41, 5.74) is 3.34. The number of nitrogens with zero attached hydrogens (tertiary/aromatic N) is 2. The van der Waals surface area contributed by atoms with Crippen LogP contribution in [0.3, 0.4) is 0 Å². The molecular formula is C25H20N4O2S. The van der Waals surface area contributed by atoms with Crippen LogP contribution in [-0.2, 0) is 10.3 Å². The maximum Gasteiger partial charge on any atom is 0.239 e. The molecule has 4 aromatic rings. The van der Waals surface area contributed by atoms with Gasteiger partial charge in [-0.15, -0.1) is 11.3 Å². The molecule has 1 saturated heterocycles. The van der Waals surface area contributed by atoms with E-state index >= 15 is 0 Å². The van der Waals surface area contributed by atoms with E-state index in [1.54, 1.807) is 30.7 Å². The van der Waals surface area contributed by atoms with Crippen molar-refractivity contribution in [3.05, 3.63) is 82.2 Å². The number of guanidine groups is 1. The second-order valence-electron chi connectivity index (χ2n) is 8.12. The van der Waals surface area contributed by atoms with Crippen LogP contribution in [0.15, 0.2) is 70.7 Å².